The molecule has 0 amide bonds. The molecule has 3 rings (SSSR count). The Morgan fingerprint density at radius 1 is 1.08 bits per heavy atom. The monoisotopic (exact) mass is 326 g/mol. The van der Waals surface area contributed by atoms with Crippen LogP contribution in [0.2, 0.25) is 0 Å². The van der Waals surface area contributed by atoms with Gasteiger partial charge in [0, 0.05) is 24.9 Å². The minimum absolute atomic E-state index is 0.0588. The first-order valence-corrected chi connectivity index (χ1v) is 8.78. The molecule has 126 valence electrons. The van der Waals surface area contributed by atoms with E-state index in [0.29, 0.717) is 22.5 Å². The first kappa shape index (κ1) is 16.6. The van der Waals surface area contributed by atoms with Crippen LogP contribution in [0, 0.1) is 6.92 Å². The Balaban J connectivity index is 2.21. The molecule has 0 N–H and O–H groups in total. The quantitative estimate of drug-likeness (QED) is 0.655. The van der Waals surface area contributed by atoms with Crippen LogP contribution in [-0.4, -0.2) is 21.1 Å². The van der Waals surface area contributed by atoms with Crippen molar-refractivity contribution in [2.75, 3.05) is 0 Å². The molecule has 0 saturated heterocycles. The van der Waals surface area contributed by atoms with Gasteiger partial charge in [-0.3, -0.25) is 14.6 Å². The highest BCUT2D eigenvalue weighted by molar-refractivity contribution is 6.26. The molecule has 1 aliphatic rings. The normalized spacial score (nSPS) is 13.1. The molecule has 5 heteroatoms. The van der Waals surface area contributed by atoms with Crippen LogP contribution in [0.25, 0.3) is 0 Å². The summed E-state index contributed by atoms with van der Waals surface area (Å²) in [7, 11) is 0. The van der Waals surface area contributed by atoms with Gasteiger partial charge >= 0.3 is 0 Å². The standard InChI is InChI=1S/C19H24N3O2/c1-4-6-10-21-13(3)22(11-7-5-2)17-16(21)18(23)14-8-9-20-12-15(14)19(17)24/h8-9,12H,4-7,10-11H2,1-3H3/q+1. The molecule has 0 aliphatic heterocycles. The minimum Gasteiger partial charge on any atom is -0.284 e. The van der Waals surface area contributed by atoms with Crippen molar-refractivity contribution < 1.29 is 14.2 Å². The molecule has 0 bridgehead atoms. The maximum atomic E-state index is 13.1. The van der Waals surface area contributed by atoms with E-state index in [1.54, 1.807) is 12.3 Å². The highest BCUT2D eigenvalue weighted by Crippen LogP contribution is 2.26. The molecule has 24 heavy (non-hydrogen) atoms. The van der Waals surface area contributed by atoms with E-state index in [2.05, 4.69) is 18.8 Å². The summed E-state index contributed by atoms with van der Waals surface area (Å²) in [5, 5.41) is 0. The lowest BCUT2D eigenvalue weighted by molar-refractivity contribution is -0.704. The van der Waals surface area contributed by atoms with E-state index < -0.39 is 0 Å². The zero-order valence-corrected chi connectivity index (χ0v) is 14.6. The van der Waals surface area contributed by atoms with Gasteiger partial charge in [-0.25, -0.2) is 9.13 Å². The summed E-state index contributed by atoms with van der Waals surface area (Å²) in [5.74, 6) is 0.850. The maximum Gasteiger partial charge on any atom is 0.254 e. The predicted molar refractivity (Wildman–Crippen MR) is 90.3 cm³/mol. The molecule has 0 spiro atoms. The van der Waals surface area contributed by atoms with Crippen molar-refractivity contribution in [3.8, 4) is 0 Å². The van der Waals surface area contributed by atoms with E-state index in [4.69, 9.17) is 0 Å². The van der Waals surface area contributed by atoms with Crippen LogP contribution in [0.1, 0.15) is 77.5 Å². The average molecular weight is 326 g/mol. The van der Waals surface area contributed by atoms with E-state index in [1.165, 1.54) is 6.20 Å². The Morgan fingerprint density at radius 2 is 1.83 bits per heavy atom. The molecule has 5 nitrogen and oxygen atoms in total. The number of fused-ring (bicyclic) bond motifs is 2. The smallest absolute Gasteiger partial charge is 0.254 e. The van der Waals surface area contributed by atoms with Gasteiger partial charge in [-0.1, -0.05) is 26.7 Å². The second kappa shape index (κ2) is 6.67. The van der Waals surface area contributed by atoms with E-state index in [0.717, 1.165) is 44.6 Å². The zero-order valence-electron chi connectivity index (χ0n) is 14.6. The highest BCUT2D eigenvalue weighted by Gasteiger charge is 2.42. The van der Waals surface area contributed by atoms with E-state index in [9.17, 15) is 9.59 Å². The van der Waals surface area contributed by atoms with Crippen molar-refractivity contribution >= 4 is 11.6 Å². The van der Waals surface area contributed by atoms with Crippen molar-refractivity contribution in [1.82, 2.24) is 9.55 Å². The number of imidazole rings is 1. The van der Waals surface area contributed by atoms with Crippen LogP contribution >= 0.6 is 0 Å². The van der Waals surface area contributed by atoms with Crippen LogP contribution in [0.4, 0.5) is 0 Å². The molecular formula is C19H24N3O2+. The summed E-state index contributed by atoms with van der Waals surface area (Å²) in [6, 6.07) is 1.65. The van der Waals surface area contributed by atoms with E-state index in [-0.39, 0.29) is 11.6 Å². The van der Waals surface area contributed by atoms with Gasteiger partial charge in [0.15, 0.2) is 0 Å². The van der Waals surface area contributed by atoms with Crippen LogP contribution < -0.4 is 4.57 Å². The minimum atomic E-state index is -0.0813. The fourth-order valence-corrected chi connectivity index (χ4v) is 3.39. The first-order valence-electron chi connectivity index (χ1n) is 8.78. The number of nitrogens with zero attached hydrogens (tertiary/aromatic N) is 3. The molecule has 0 fully saturated rings. The highest BCUT2D eigenvalue weighted by atomic mass is 16.1. The van der Waals surface area contributed by atoms with Crippen molar-refractivity contribution in [2.45, 2.75) is 59.5 Å². The summed E-state index contributed by atoms with van der Waals surface area (Å²) < 4.78 is 4.07. The molecule has 2 aromatic heterocycles. The molecule has 0 unspecified atom stereocenters. The second-order valence-electron chi connectivity index (χ2n) is 6.33. The number of carbonyl (C=O) groups is 2. The summed E-state index contributed by atoms with van der Waals surface area (Å²) in [6.45, 7) is 7.79. The van der Waals surface area contributed by atoms with Gasteiger partial charge in [0.25, 0.3) is 5.82 Å². The fourth-order valence-electron chi connectivity index (χ4n) is 3.39. The summed E-state index contributed by atoms with van der Waals surface area (Å²) >= 11 is 0. The Bertz CT molecular complexity index is 741. The average Bonchev–Trinajstić information content (AvgIpc) is 2.88. The lowest BCUT2D eigenvalue weighted by Gasteiger charge is -2.12. The number of pyridine rings is 1. The third kappa shape index (κ3) is 2.48. The number of hydrogen-bond acceptors (Lipinski definition) is 3. The van der Waals surface area contributed by atoms with Crippen molar-refractivity contribution in [3.05, 3.63) is 46.8 Å². The molecule has 1 aliphatic carbocycles. The second-order valence-corrected chi connectivity index (χ2v) is 6.33. The Hall–Kier alpha value is -2.30. The van der Waals surface area contributed by atoms with Crippen molar-refractivity contribution in [3.63, 3.8) is 0 Å². The predicted octanol–water partition coefficient (Wildman–Crippen LogP) is 2.85. The third-order valence-electron chi connectivity index (χ3n) is 4.76. The van der Waals surface area contributed by atoms with Gasteiger partial charge in [0.05, 0.1) is 18.7 Å². The topological polar surface area (TPSA) is 55.8 Å². The molecule has 0 aromatic carbocycles. The Labute approximate surface area is 142 Å². The summed E-state index contributed by atoms with van der Waals surface area (Å²) in [6.07, 6.45) is 7.15. The van der Waals surface area contributed by atoms with E-state index in [1.807, 2.05) is 16.1 Å². The Morgan fingerprint density at radius 3 is 2.54 bits per heavy atom. The van der Waals surface area contributed by atoms with Crippen LogP contribution in [0.3, 0.4) is 0 Å². The SMILES string of the molecule is CCCCn1c2c([n+](CCCC)c1C)C(=O)c1ccncc1C2=O. The van der Waals surface area contributed by atoms with E-state index >= 15 is 0 Å². The molecule has 2 aromatic rings. The van der Waals surface area contributed by atoms with Crippen LogP contribution in [0.15, 0.2) is 18.5 Å². The summed E-state index contributed by atoms with van der Waals surface area (Å²) in [4.78, 5) is 30.2. The molecule has 2 heterocycles. The van der Waals surface area contributed by atoms with Gasteiger partial charge in [-0.2, -0.15) is 0 Å². The number of aromatic nitrogens is 3. The molecule has 0 saturated carbocycles. The van der Waals surface area contributed by atoms with Crippen molar-refractivity contribution in [2.24, 2.45) is 0 Å². The summed E-state index contributed by atoms with van der Waals surface area (Å²) in [5.41, 5.74) is 2.00. The van der Waals surface area contributed by atoms with Gasteiger partial charge in [0.1, 0.15) is 0 Å². The number of unbranched alkanes of at least 4 members (excludes halogenated alkanes) is 2. The third-order valence-corrected chi connectivity index (χ3v) is 4.76. The zero-order chi connectivity index (χ0) is 17.3. The first-order chi connectivity index (χ1) is 11.6. The van der Waals surface area contributed by atoms with Crippen LogP contribution in [0.5, 0.6) is 0 Å². The number of hydrogen-bond donors (Lipinski definition) is 0. The van der Waals surface area contributed by atoms with Crippen molar-refractivity contribution in [1.29, 1.82) is 0 Å². The molecular weight excluding hydrogens is 302 g/mol. The van der Waals surface area contributed by atoms with Gasteiger partial charge < -0.3 is 0 Å². The lowest BCUT2D eigenvalue weighted by Crippen LogP contribution is -2.43. The Kier molecular flexibility index (Phi) is 4.60. The fraction of sp³-hybridized carbons (Fsp3) is 0.474. The van der Waals surface area contributed by atoms with Gasteiger partial charge in [-0.05, 0) is 18.9 Å². The lowest BCUT2D eigenvalue weighted by atomic mass is 9.91. The van der Waals surface area contributed by atoms with Gasteiger partial charge in [0.2, 0.25) is 23.0 Å². The molecule has 0 atom stereocenters. The largest absolute Gasteiger partial charge is 0.284 e. The number of carbonyl (C=O) groups excluding carboxylic acids is 2. The number of ketones is 2. The maximum absolute atomic E-state index is 13.1. The molecule has 0 radical (unpaired) electrons. The number of rotatable bonds is 6. The van der Waals surface area contributed by atoms with Gasteiger partial charge in [-0.15, -0.1) is 0 Å². The van der Waals surface area contributed by atoms with Crippen LogP contribution in [-0.2, 0) is 13.1 Å².